The van der Waals surface area contributed by atoms with Gasteiger partial charge in [-0.3, -0.25) is 19.8 Å². The molecule has 0 bridgehead atoms. The van der Waals surface area contributed by atoms with Crippen LogP contribution in [-0.4, -0.2) is 24.0 Å². The highest BCUT2D eigenvalue weighted by Gasteiger charge is 2.34. The van der Waals surface area contributed by atoms with Gasteiger partial charge in [0.15, 0.2) is 5.11 Å². The van der Waals surface area contributed by atoms with Crippen LogP contribution in [0.2, 0.25) is 0 Å². The molecule has 1 fully saturated rings. The third-order valence-corrected chi connectivity index (χ3v) is 4.25. The maximum atomic E-state index is 13.2. The molecule has 1 saturated heterocycles. The number of thiocarbonyl (C=S) groups is 1. The molecule has 1 N–H and O–H groups in total. The molecule has 26 heavy (non-hydrogen) atoms. The summed E-state index contributed by atoms with van der Waals surface area (Å²) in [6, 6.07) is 10.6. The second-order valence-corrected chi connectivity index (χ2v) is 6.04. The maximum Gasteiger partial charge on any atom is 0.270 e. The Hall–Kier alpha value is -3.06. The smallest absolute Gasteiger partial charge is 0.270 e. The minimum absolute atomic E-state index is 0.0461. The van der Waals surface area contributed by atoms with Crippen LogP contribution in [-0.2, 0) is 9.59 Å². The first-order valence-electron chi connectivity index (χ1n) is 7.72. The first kappa shape index (κ1) is 17.8. The van der Waals surface area contributed by atoms with Crippen LogP contribution < -0.4 is 15.0 Å². The summed E-state index contributed by atoms with van der Waals surface area (Å²) in [4.78, 5) is 26.3. The van der Waals surface area contributed by atoms with E-state index in [0.717, 1.165) is 5.56 Å². The van der Waals surface area contributed by atoms with Crippen molar-refractivity contribution in [2.45, 2.75) is 6.92 Å². The second kappa shape index (κ2) is 7.05. The zero-order valence-corrected chi connectivity index (χ0v) is 14.9. The number of carbonyl (C=O) groups excluding carboxylic acids is 2. The fourth-order valence-corrected chi connectivity index (χ4v) is 2.86. The lowest BCUT2D eigenvalue weighted by molar-refractivity contribution is -0.122. The fraction of sp³-hybridized carbons (Fsp3) is 0.105. The summed E-state index contributed by atoms with van der Waals surface area (Å²) >= 11 is 5.11. The topological polar surface area (TPSA) is 58.6 Å². The quantitative estimate of drug-likeness (QED) is 0.513. The van der Waals surface area contributed by atoms with Gasteiger partial charge in [0.2, 0.25) is 0 Å². The molecule has 2 aromatic carbocycles. The van der Waals surface area contributed by atoms with E-state index in [-0.39, 0.29) is 10.7 Å². The lowest BCUT2D eigenvalue weighted by Crippen LogP contribution is -2.54. The standard InChI is InChI=1S/C19H15FN2O3S/c1-11-9-15(25-2)8-3-12(11)10-16-17(23)21-19(26)22(18(16)24)14-6-4-13(20)5-7-14/h3-10H,1-2H3,(H,21,23,26)/b16-10-. The summed E-state index contributed by atoms with van der Waals surface area (Å²) < 4.78 is 18.3. The van der Waals surface area contributed by atoms with Gasteiger partial charge in [-0.25, -0.2) is 4.39 Å². The van der Waals surface area contributed by atoms with Crippen LogP contribution in [0.1, 0.15) is 11.1 Å². The van der Waals surface area contributed by atoms with Gasteiger partial charge in [-0.1, -0.05) is 6.07 Å². The number of benzene rings is 2. The number of aryl methyl sites for hydroxylation is 1. The number of hydrogen-bond acceptors (Lipinski definition) is 4. The van der Waals surface area contributed by atoms with Gasteiger partial charge in [-0.2, -0.15) is 0 Å². The van der Waals surface area contributed by atoms with Gasteiger partial charge in [-0.15, -0.1) is 0 Å². The van der Waals surface area contributed by atoms with E-state index in [1.807, 2.05) is 6.92 Å². The molecule has 7 heteroatoms. The lowest BCUT2D eigenvalue weighted by Gasteiger charge is -2.29. The number of methoxy groups -OCH3 is 1. The van der Waals surface area contributed by atoms with Crippen molar-refractivity contribution in [1.29, 1.82) is 0 Å². The number of anilines is 1. The number of hydrogen-bond donors (Lipinski definition) is 1. The van der Waals surface area contributed by atoms with Gasteiger partial charge >= 0.3 is 0 Å². The molecule has 1 aliphatic heterocycles. The third kappa shape index (κ3) is 3.34. The van der Waals surface area contributed by atoms with Gasteiger partial charge < -0.3 is 4.74 Å². The van der Waals surface area contributed by atoms with Crippen LogP contribution >= 0.6 is 12.2 Å². The summed E-state index contributed by atoms with van der Waals surface area (Å²) in [5, 5.41) is 2.45. The normalized spacial score (nSPS) is 16.0. The Labute approximate surface area is 155 Å². The predicted octanol–water partition coefficient (Wildman–Crippen LogP) is 2.97. The second-order valence-electron chi connectivity index (χ2n) is 5.66. The molecule has 0 aromatic heterocycles. The molecule has 0 aliphatic carbocycles. The average Bonchev–Trinajstić information content (AvgIpc) is 2.61. The van der Waals surface area contributed by atoms with Crippen LogP contribution in [0, 0.1) is 12.7 Å². The number of amides is 2. The van der Waals surface area contributed by atoms with E-state index in [1.54, 1.807) is 25.3 Å². The summed E-state index contributed by atoms with van der Waals surface area (Å²) in [5.74, 6) is -0.898. The van der Waals surface area contributed by atoms with Crippen LogP contribution in [0.15, 0.2) is 48.0 Å². The molecule has 0 atom stereocenters. The van der Waals surface area contributed by atoms with E-state index in [4.69, 9.17) is 17.0 Å². The Balaban J connectivity index is 2.01. The van der Waals surface area contributed by atoms with Crippen molar-refractivity contribution in [2.75, 3.05) is 12.0 Å². The van der Waals surface area contributed by atoms with Crippen molar-refractivity contribution < 1.29 is 18.7 Å². The largest absolute Gasteiger partial charge is 0.497 e. The molecule has 5 nitrogen and oxygen atoms in total. The van der Waals surface area contributed by atoms with Crippen molar-refractivity contribution in [2.24, 2.45) is 0 Å². The molecule has 132 valence electrons. The molecule has 2 amide bonds. The van der Waals surface area contributed by atoms with Crippen molar-refractivity contribution >= 4 is 40.9 Å². The van der Waals surface area contributed by atoms with E-state index >= 15 is 0 Å². The van der Waals surface area contributed by atoms with Crippen molar-refractivity contribution in [3.8, 4) is 5.75 Å². The predicted molar refractivity (Wildman–Crippen MR) is 100 cm³/mol. The van der Waals surface area contributed by atoms with E-state index in [9.17, 15) is 14.0 Å². The van der Waals surface area contributed by atoms with Gasteiger partial charge in [-0.05, 0) is 72.7 Å². The van der Waals surface area contributed by atoms with Crippen LogP contribution in [0.3, 0.4) is 0 Å². The number of nitrogens with zero attached hydrogens (tertiary/aromatic N) is 1. The Bertz CT molecular complexity index is 938. The first-order chi connectivity index (χ1) is 12.4. The monoisotopic (exact) mass is 370 g/mol. The first-order valence-corrected chi connectivity index (χ1v) is 8.13. The van der Waals surface area contributed by atoms with Gasteiger partial charge in [0.25, 0.3) is 11.8 Å². The molecular weight excluding hydrogens is 355 g/mol. The van der Waals surface area contributed by atoms with Crippen LogP contribution in [0.4, 0.5) is 10.1 Å². The molecule has 1 heterocycles. The molecule has 2 aromatic rings. The number of halogens is 1. The van der Waals surface area contributed by atoms with Gasteiger partial charge in [0, 0.05) is 0 Å². The van der Waals surface area contributed by atoms with E-state index in [0.29, 0.717) is 17.0 Å². The van der Waals surface area contributed by atoms with E-state index in [1.165, 1.54) is 35.2 Å². The molecule has 0 radical (unpaired) electrons. The van der Waals surface area contributed by atoms with Crippen LogP contribution in [0.25, 0.3) is 6.08 Å². The Morgan fingerprint density at radius 2 is 1.85 bits per heavy atom. The molecule has 1 aliphatic rings. The number of carbonyl (C=O) groups is 2. The number of ether oxygens (including phenoxy) is 1. The Morgan fingerprint density at radius 3 is 2.46 bits per heavy atom. The minimum atomic E-state index is -0.575. The Morgan fingerprint density at radius 1 is 1.15 bits per heavy atom. The molecular formula is C19H15FN2O3S. The van der Waals surface area contributed by atoms with E-state index < -0.39 is 17.6 Å². The lowest BCUT2D eigenvalue weighted by atomic mass is 10.0. The summed E-state index contributed by atoms with van der Waals surface area (Å²) in [6.07, 6.45) is 1.50. The number of nitrogens with one attached hydrogen (secondary N) is 1. The molecule has 3 rings (SSSR count). The van der Waals surface area contributed by atoms with Crippen molar-refractivity contribution in [1.82, 2.24) is 5.32 Å². The number of rotatable bonds is 3. The van der Waals surface area contributed by atoms with Crippen molar-refractivity contribution in [3.63, 3.8) is 0 Å². The molecule has 0 saturated carbocycles. The molecule has 0 unspecified atom stereocenters. The summed E-state index contributed by atoms with van der Waals surface area (Å²) in [5.41, 5.74) is 1.87. The Kier molecular flexibility index (Phi) is 4.81. The third-order valence-electron chi connectivity index (χ3n) is 3.96. The summed E-state index contributed by atoms with van der Waals surface area (Å²) in [7, 11) is 1.56. The average molecular weight is 370 g/mol. The maximum absolute atomic E-state index is 13.2. The highest BCUT2D eigenvalue weighted by Crippen LogP contribution is 2.24. The van der Waals surface area contributed by atoms with E-state index in [2.05, 4.69) is 5.32 Å². The zero-order chi connectivity index (χ0) is 18.8. The van der Waals surface area contributed by atoms with Crippen LogP contribution in [0.5, 0.6) is 5.75 Å². The van der Waals surface area contributed by atoms with Gasteiger partial charge in [0.05, 0.1) is 12.8 Å². The minimum Gasteiger partial charge on any atom is -0.497 e. The highest BCUT2D eigenvalue weighted by atomic mass is 32.1. The SMILES string of the molecule is COc1ccc(/C=C2/C(=O)NC(=S)N(c3ccc(F)cc3)C2=O)c(C)c1. The summed E-state index contributed by atoms with van der Waals surface area (Å²) in [6.45, 7) is 1.85. The fourth-order valence-electron chi connectivity index (χ4n) is 2.57. The van der Waals surface area contributed by atoms with Crippen molar-refractivity contribution in [3.05, 3.63) is 65.0 Å². The van der Waals surface area contributed by atoms with Gasteiger partial charge in [0.1, 0.15) is 17.1 Å². The molecule has 0 spiro atoms. The highest BCUT2D eigenvalue weighted by molar-refractivity contribution is 7.80. The zero-order valence-electron chi connectivity index (χ0n) is 14.1.